The van der Waals surface area contributed by atoms with Crippen LogP contribution in [0, 0.1) is 5.82 Å². The Bertz CT molecular complexity index is 1700. The fraction of sp³-hybridized carbons (Fsp3) is 0.361. The zero-order valence-corrected chi connectivity index (χ0v) is 26.0. The van der Waals surface area contributed by atoms with Gasteiger partial charge >= 0.3 is 0 Å². The van der Waals surface area contributed by atoms with Crippen molar-refractivity contribution in [2.45, 2.75) is 50.5 Å². The van der Waals surface area contributed by atoms with E-state index < -0.39 is 5.92 Å². The first-order valence-electron chi connectivity index (χ1n) is 16.0. The first kappa shape index (κ1) is 31.5. The third-order valence-electron chi connectivity index (χ3n) is 9.23. The Morgan fingerprint density at radius 1 is 0.935 bits per heavy atom. The molecule has 0 amide bonds. The molecular weight excluding hydrogens is 587 g/mol. The summed E-state index contributed by atoms with van der Waals surface area (Å²) in [5.41, 5.74) is 9.09. The monoisotopic (exact) mass is 627 g/mol. The molecule has 4 aromatic rings. The smallest absolute Gasteiger partial charge is 0.292 e. The maximum Gasteiger partial charge on any atom is 0.292 e. The number of nitrogens with zero attached hydrogens (tertiary/aromatic N) is 6. The number of allylic oxidation sites excluding steroid dienone is 1. The number of nitrogen functional groups attached to an aromatic ring is 1. The average Bonchev–Trinajstić information content (AvgIpc) is 3.51. The normalized spacial score (nSPS) is 16.5. The molecule has 0 aliphatic carbocycles. The van der Waals surface area contributed by atoms with Crippen LogP contribution in [0.15, 0.2) is 74.2 Å². The minimum Gasteiger partial charge on any atom is -0.383 e. The highest BCUT2D eigenvalue weighted by atomic mass is 19.3. The summed E-state index contributed by atoms with van der Waals surface area (Å²) in [7, 11) is 0. The Labute approximate surface area is 268 Å². The van der Waals surface area contributed by atoms with E-state index in [-0.39, 0.29) is 17.3 Å². The molecule has 0 bridgehead atoms. The Hall–Kier alpha value is -4.44. The van der Waals surface area contributed by atoms with Gasteiger partial charge in [0.2, 0.25) is 0 Å². The summed E-state index contributed by atoms with van der Waals surface area (Å²) in [6, 6.07) is 11.3. The third-order valence-corrected chi connectivity index (χ3v) is 9.23. The van der Waals surface area contributed by atoms with Crippen molar-refractivity contribution >= 4 is 17.7 Å². The molecule has 0 unspecified atom stereocenters. The average molecular weight is 628 g/mol. The third kappa shape index (κ3) is 6.58. The molecule has 6 rings (SSSR count). The summed E-state index contributed by atoms with van der Waals surface area (Å²) < 4.78 is 46.0. The van der Waals surface area contributed by atoms with Gasteiger partial charge in [-0.15, -0.1) is 0 Å². The summed E-state index contributed by atoms with van der Waals surface area (Å²) in [5.74, 6) is -1.44. The van der Waals surface area contributed by atoms with Crippen molar-refractivity contribution in [2.75, 3.05) is 43.4 Å². The lowest BCUT2D eigenvalue weighted by atomic mass is 9.95. The number of nitrogens with two attached hydrogens (primary N) is 1. The predicted octanol–water partition coefficient (Wildman–Crippen LogP) is 7.52. The van der Waals surface area contributed by atoms with E-state index in [2.05, 4.69) is 37.5 Å². The number of halogens is 3. The van der Waals surface area contributed by atoms with Gasteiger partial charge in [-0.05, 0) is 74.2 Å². The molecule has 2 aliphatic rings. The van der Waals surface area contributed by atoms with Crippen molar-refractivity contribution in [1.82, 2.24) is 24.4 Å². The predicted molar refractivity (Wildman–Crippen MR) is 178 cm³/mol. The van der Waals surface area contributed by atoms with E-state index in [4.69, 9.17) is 10.7 Å². The summed E-state index contributed by atoms with van der Waals surface area (Å²) in [5, 5.41) is 0. The molecule has 2 aromatic carbocycles. The molecular formula is C36H40F3N7. The Kier molecular flexibility index (Phi) is 9.26. The molecule has 46 heavy (non-hydrogen) atoms. The van der Waals surface area contributed by atoms with Gasteiger partial charge < -0.3 is 20.1 Å². The van der Waals surface area contributed by atoms with Gasteiger partial charge in [0.1, 0.15) is 29.6 Å². The molecule has 10 heteroatoms. The minimum atomic E-state index is -3.19. The maximum absolute atomic E-state index is 14.9. The highest BCUT2D eigenvalue weighted by Gasteiger charge is 2.31. The number of anilines is 2. The van der Waals surface area contributed by atoms with Gasteiger partial charge in [-0.1, -0.05) is 49.9 Å². The van der Waals surface area contributed by atoms with Crippen LogP contribution in [0.5, 0.6) is 0 Å². The van der Waals surface area contributed by atoms with Crippen LogP contribution in [-0.2, 0) is 12.5 Å². The van der Waals surface area contributed by atoms with Gasteiger partial charge in [-0.25, -0.2) is 19.3 Å². The van der Waals surface area contributed by atoms with Crippen LogP contribution < -0.4 is 10.6 Å². The second-order valence-corrected chi connectivity index (χ2v) is 12.1. The summed E-state index contributed by atoms with van der Waals surface area (Å²) >= 11 is 0. The molecule has 0 spiro atoms. The van der Waals surface area contributed by atoms with Gasteiger partial charge in [0.25, 0.3) is 5.92 Å². The van der Waals surface area contributed by atoms with Gasteiger partial charge in [-0.3, -0.25) is 0 Å². The zero-order valence-electron chi connectivity index (χ0n) is 26.0. The van der Waals surface area contributed by atoms with E-state index in [0.717, 1.165) is 44.8 Å². The summed E-state index contributed by atoms with van der Waals surface area (Å²) in [6.45, 7) is 12.3. The van der Waals surface area contributed by atoms with Crippen LogP contribution in [0.25, 0.3) is 28.5 Å². The van der Waals surface area contributed by atoms with E-state index in [0.29, 0.717) is 58.7 Å². The number of alkyl halides is 2. The number of aromatic nitrogens is 4. The highest BCUT2D eigenvalue weighted by molar-refractivity contribution is 5.84. The van der Waals surface area contributed by atoms with Crippen molar-refractivity contribution in [3.63, 3.8) is 0 Å². The van der Waals surface area contributed by atoms with Gasteiger partial charge in [0.05, 0.1) is 11.3 Å². The number of hydrogen-bond acceptors (Lipinski definition) is 6. The molecule has 2 aliphatic heterocycles. The zero-order chi connectivity index (χ0) is 32.3. The lowest BCUT2D eigenvalue weighted by molar-refractivity contribution is 0.0524. The van der Waals surface area contributed by atoms with Crippen LogP contribution in [0.2, 0.25) is 0 Å². The molecule has 0 saturated carbocycles. The second kappa shape index (κ2) is 13.5. The van der Waals surface area contributed by atoms with Crippen molar-refractivity contribution in [1.29, 1.82) is 0 Å². The summed E-state index contributed by atoms with van der Waals surface area (Å²) in [4.78, 5) is 18.5. The number of piperidine rings is 2. The van der Waals surface area contributed by atoms with Crippen LogP contribution in [0.1, 0.15) is 55.0 Å². The summed E-state index contributed by atoms with van der Waals surface area (Å²) in [6.07, 6.45) is 10.9. The largest absolute Gasteiger partial charge is 0.383 e. The van der Waals surface area contributed by atoms with E-state index in [1.165, 1.54) is 49.9 Å². The van der Waals surface area contributed by atoms with E-state index >= 15 is 0 Å². The van der Waals surface area contributed by atoms with Crippen molar-refractivity contribution in [2.24, 2.45) is 0 Å². The molecule has 0 atom stereocenters. The molecule has 2 saturated heterocycles. The van der Waals surface area contributed by atoms with Gasteiger partial charge in [0.15, 0.2) is 0 Å². The lowest BCUT2D eigenvalue weighted by Gasteiger charge is -2.34. The topological polar surface area (TPSA) is 76.1 Å². The van der Waals surface area contributed by atoms with Crippen molar-refractivity contribution < 1.29 is 13.2 Å². The Morgan fingerprint density at radius 3 is 2.43 bits per heavy atom. The highest BCUT2D eigenvalue weighted by Crippen LogP contribution is 2.39. The fourth-order valence-corrected chi connectivity index (χ4v) is 6.70. The number of benzene rings is 2. The molecule has 4 heterocycles. The SMILES string of the molecule is C=Cc1ccc(-c2cn(CCN3CCCCC3)c(C3CCN(c4ncnc(N)c4-c4cccc(F)c4)CC3)n2)cc1C(F)(F)C=C. The molecule has 240 valence electrons. The van der Waals surface area contributed by atoms with Crippen molar-refractivity contribution in [3.05, 3.63) is 97.0 Å². The number of likely N-dealkylation sites (tertiary alicyclic amines) is 1. The lowest BCUT2D eigenvalue weighted by Crippen LogP contribution is -2.35. The number of rotatable bonds is 10. The van der Waals surface area contributed by atoms with Gasteiger partial charge in [-0.2, -0.15) is 8.78 Å². The van der Waals surface area contributed by atoms with Crippen LogP contribution in [0.4, 0.5) is 24.8 Å². The number of hydrogen-bond donors (Lipinski definition) is 1. The quantitative estimate of drug-likeness (QED) is 0.183. The molecule has 7 nitrogen and oxygen atoms in total. The Balaban J connectivity index is 1.28. The molecule has 2 fully saturated rings. The molecule has 2 N–H and O–H groups in total. The van der Waals surface area contributed by atoms with E-state index in [1.807, 2.05) is 18.3 Å². The maximum atomic E-state index is 14.9. The molecule has 2 aromatic heterocycles. The van der Waals surface area contributed by atoms with E-state index in [1.54, 1.807) is 12.1 Å². The first-order chi connectivity index (χ1) is 22.3. The van der Waals surface area contributed by atoms with Gasteiger partial charge in [0, 0.05) is 49.4 Å². The van der Waals surface area contributed by atoms with Crippen LogP contribution >= 0.6 is 0 Å². The fourth-order valence-electron chi connectivity index (χ4n) is 6.70. The van der Waals surface area contributed by atoms with Crippen LogP contribution in [-0.4, -0.2) is 57.1 Å². The number of imidazole rings is 1. The standard InChI is InChI=1S/C36H40F3N7/c1-3-25-11-12-27(22-30(25)36(38,39)4-2)31-23-46(20-19-44-15-6-5-7-16-44)34(43-31)26-13-17-45(18-14-26)35-32(33(40)41-24-42-35)28-9-8-10-29(37)21-28/h3-4,8-12,21-24,26H,1-2,5-7,13-20H2,(H2,40,41,42). The van der Waals surface area contributed by atoms with Crippen LogP contribution in [0.3, 0.4) is 0 Å². The Morgan fingerprint density at radius 2 is 1.72 bits per heavy atom. The van der Waals surface area contributed by atoms with E-state index in [9.17, 15) is 13.2 Å². The first-order valence-corrected chi connectivity index (χ1v) is 16.0. The second-order valence-electron chi connectivity index (χ2n) is 12.1. The minimum absolute atomic E-state index is 0.133. The van der Waals surface area contributed by atoms with Crippen molar-refractivity contribution in [3.8, 4) is 22.4 Å². The molecule has 0 radical (unpaired) electrons.